The molecule has 8 nitrogen and oxygen atoms in total. The molecule has 1 aliphatic rings. The lowest BCUT2D eigenvalue weighted by Gasteiger charge is -2.21. The Balaban J connectivity index is 1.51. The number of benzene rings is 2. The minimum atomic E-state index is -0.182. The third kappa shape index (κ3) is 6.08. The molecule has 2 aromatic rings. The van der Waals surface area contributed by atoms with Crippen molar-refractivity contribution in [2.75, 3.05) is 51.1 Å². The number of methoxy groups -OCH3 is 2. The second-order valence-corrected chi connectivity index (χ2v) is 7.35. The average molecular weight is 436 g/mol. The number of hydrogen-bond acceptors (Lipinski definition) is 5. The number of amides is 1. The Hall–Kier alpha value is -3.86. The Labute approximate surface area is 189 Å². The molecule has 0 bridgehead atoms. The SMILES string of the molecule is C#Cc1cccc(NC(=O)CNC(=NC)NC2CCN(c3cc(OC)cc(OC)c3)C2)c1. The third-order valence-corrected chi connectivity index (χ3v) is 5.18. The number of rotatable bonds is 7. The summed E-state index contributed by atoms with van der Waals surface area (Å²) >= 11 is 0. The molecule has 3 N–H and O–H groups in total. The van der Waals surface area contributed by atoms with Gasteiger partial charge in [0.1, 0.15) is 11.5 Å². The Morgan fingerprint density at radius 2 is 1.97 bits per heavy atom. The quantitative estimate of drug-likeness (QED) is 0.351. The first-order chi connectivity index (χ1) is 15.5. The lowest BCUT2D eigenvalue weighted by Crippen LogP contribution is -2.46. The fourth-order valence-corrected chi connectivity index (χ4v) is 3.53. The summed E-state index contributed by atoms with van der Waals surface area (Å²) in [6, 6.07) is 13.2. The highest BCUT2D eigenvalue weighted by Gasteiger charge is 2.24. The fourth-order valence-electron chi connectivity index (χ4n) is 3.53. The maximum atomic E-state index is 12.3. The monoisotopic (exact) mass is 435 g/mol. The highest BCUT2D eigenvalue weighted by atomic mass is 16.5. The van der Waals surface area contributed by atoms with Gasteiger partial charge in [0, 0.05) is 61.3 Å². The van der Waals surface area contributed by atoms with Crippen LogP contribution in [0.4, 0.5) is 11.4 Å². The number of carbonyl (C=O) groups is 1. The second kappa shape index (κ2) is 11.0. The van der Waals surface area contributed by atoms with Gasteiger partial charge in [-0.15, -0.1) is 6.42 Å². The summed E-state index contributed by atoms with van der Waals surface area (Å²) in [7, 11) is 4.97. The molecule has 3 rings (SSSR count). The molecule has 0 radical (unpaired) electrons. The van der Waals surface area contributed by atoms with Crippen molar-refractivity contribution in [2.45, 2.75) is 12.5 Å². The molecule has 0 aromatic heterocycles. The molecule has 1 amide bonds. The van der Waals surface area contributed by atoms with Crippen LogP contribution in [0.5, 0.6) is 11.5 Å². The smallest absolute Gasteiger partial charge is 0.243 e. The van der Waals surface area contributed by atoms with E-state index in [1.165, 1.54) is 0 Å². The van der Waals surface area contributed by atoms with Crippen molar-refractivity contribution < 1.29 is 14.3 Å². The van der Waals surface area contributed by atoms with Crippen molar-refractivity contribution in [1.29, 1.82) is 0 Å². The van der Waals surface area contributed by atoms with Gasteiger partial charge in [-0.2, -0.15) is 0 Å². The van der Waals surface area contributed by atoms with Gasteiger partial charge in [-0.1, -0.05) is 12.0 Å². The van der Waals surface area contributed by atoms with Crippen LogP contribution in [0.2, 0.25) is 0 Å². The van der Waals surface area contributed by atoms with Gasteiger partial charge < -0.3 is 30.3 Å². The summed E-state index contributed by atoms with van der Waals surface area (Å²) in [5.41, 5.74) is 2.42. The lowest BCUT2D eigenvalue weighted by molar-refractivity contribution is -0.115. The molecule has 1 atom stereocenters. The number of hydrogen-bond donors (Lipinski definition) is 3. The van der Waals surface area contributed by atoms with Crippen molar-refractivity contribution in [3.63, 3.8) is 0 Å². The second-order valence-electron chi connectivity index (χ2n) is 7.35. The third-order valence-electron chi connectivity index (χ3n) is 5.18. The number of guanidine groups is 1. The summed E-state index contributed by atoms with van der Waals surface area (Å²) in [6.45, 7) is 1.77. The van der Waals surface area contributed by atoms with Gasteiger partial charge >= 0.3 is 0 Å². The van der Waals surface area contributed by atoms with E-state index in [4.69, 9.17) is 15.9 Å². The van der Waals surface area contributed by atoms with Crippen molar-refractivity contribution in [3.05, 3.63) is 48.0 Å². The zero-order valence-corrected chi connectivity index (χ0v) is 18.6. The van der Waals surface area contributed by atoms with Gasteiger partial charge in [-0.05, 0) is 24.6 Å². The van der Waals surface area contributed by atoms with Crippen LogP contribution in [-0.4, -0.2) is 58.8 Å². The summed E-state index contributed by atoms with van der Waals surface area (Å²) in [5.74, 6) is 4.46. The number of carbonyl (C=O) groups excluding carboxylic acids is 1. The molecule has 1 heterocycles. The van der Waals surface area contributed by atoms with Crippen LogP contribution in [-0.2, 0) is 4.79 Å². The van der Waals surface area contributed by atoms with E-state index in [9.17, 15) is 4.79 Å². The van der Waals surface area contributed by atoms with E-state index in [-0.39, 0.29) is 18.5 Å². The van der Waals surface area contributed by atoms with Crippen LogP contribution in [0.3, 0.4) is 0 Å². The molecule has 1 fully saturated rings. The molecule has 1 unspecified atom stereocenters. The Kier molecular flexibility index (Phi) is 7.81. The predicted molar refractivity (Wildman–Crippen MR) is 128 cm³/mol. The molecule has 1 saturated heterocycles. The average Bonchev–Trinajstić information content (AvgIpc) is 3.30. The van der Waals surface area contributed by atoms with Gasteiger partial charge in [0.15, 0.2) is 5.96 Å². The molecule has 1 aliphatic heterocycles. The normalized spacial score (nSPS) is 15.6. The minimum Gasteiger partial charge on any atom is -0.497 e. The number of anilines is 2. The van der Waals surface area contributed by atoms with Crippen LogP contribution in [0, 0.1) is 12.3 Å². The Bertz CT molecular complexity index is 993. The van der Waals surface area contributed by atoms with E-state index in [1.807, 2.05) is 30.3 Å². The molecule has 0 spiro atoms. The van der Waals surface area contributed by atoms with Crippen LogP contribution in [0.25, 0.3) is 0 Å². The van der Waals surface area contributed by atoms with E-state index < -0.39 is 0 Å². The first kappa shape index (κ1) is 22.8. The topological polar surface area (TPSA) is 87.2 Å². The maximum absolute atomic E-state index is 12.3. The largest absolute Gasteiger partial charge is 0.497 e. The van der Waals surface area contributed by atoms with Crippen molar-refractivity contribution in [1.82, 2.24) is 10.6 Å². The summed E-state index contributed by atoms with van der Waals surface area (Å²) in [6.07, 6.45) is 6.34. The molecular formula is C24H29N5O3. The lowest BCUT2D eigenvalue weighted by atomic mass is 10.2. The molecule has 168 valence electrons. The summed E-state index contributed by atoms with van der Waals surface area (Å²) in [4.78, 5) is 18.8. The first-order valence-electron chi connectivity index (χ1n) is 10.4. The fraction of sp³-hybridized carbons (Fsp3) is 0.333. The van der Waals surface area contributed by atoms with Gasteiger partial charge in [-0.25, -0.2) is 0 Å². The molecule has 2 aromatic carbocycles. The van der Waals surface area contributed by atoms with Crippen LogP contribution in [0.1, 0.15) is 12.0 Å². The molecular weight excluding hydrogens is 406 g/mol. The van der Waals surface area contributed by atoms with Gasteiger partial charge in [-0.3, -0.25) is 9.79 Å². The zero-order chi connectivity index (χ0) is 22.9. The zero-order valence-electron chi connectivity index (χ0n) is 18.6. The van der Waals surface area contributed by atoms with E-state index in [2.05, 4.69) is 31.8 Å². The van der Waals surface area contributed by atoms with Crippen molar-refractivity contribution in [3.8, 4) is 23.8 Å². The standard InChI is InChI=1S/C24H29N5O3/c1-5-17-7-6-8-18(11-17)27-23(30)15-26-24(25-2)28-19-9-10-29(16-19)20-12-21(31-3)14-22(13-20)32-4/h1,6-8,11-14,19H,9-10,15-16H2,2-4H3,(H,27,30)(H2,25,26,28). The maximum Gasteiger partial charge on any atom is 0.243 e. The highest BCUT2D eigenvalue weighted by molar-refractivity contribution is 5.95. The van der Waals surface area contributed by atoms with Crippen LogP contribution in [0.15, 0.2) is 47.5 Å². The Morgan fingerprint density at radius 1 is 1.22 bits per heavy atom. The number of terminal acetylenes is 1. The minimum absolute atomic E-state index is 0.0868. The Morgan fingerprint density at radius 3 is 2.62 bits per heavy atom. The van der Waals surface area contributed by atoms with E-state index in [0.717, 1.165) is 36.7 Å². The predicted octanol–water partition coefficient (Wildman–Crippen LogP) is 2.07. The molecule has 8 heteroatoms. The number of aliphatic imine (C=N–C) groups is 1. The van der Waals surface area contributed by atoms with E-state index >= 15 is 0 Å². The van der Waals surface area contributed by atoms with Gasteiger partial charge in [0.05, 0.1) is 20.8 Å². The van der Waals surface area contributed by atoms with E-state index in [1.54, 1.807) is 33.4 Å². The number of ether oxygens (including phenoxy) is 2. The first-order valence-corrected chi connectivity index (χ1v) is 10.4. The van der Waals surface area contributed by atoms with Crippen LogP contribution >= 0.6 is 0 Å². The molecule has 32 heavy (non-hydrogen) atoms. The number of nitrogens with one attached hydrogen (secondary N) is 3. The van der Waals surface area contributed by atoms with Crippen molar-refractivity contribution >= 4 is 23.2 Å². The highest BCUT2D eigenvalue weighted by Crippen LogP contribution is 2.30. The van der Waals surface area contributed by atoms with E-state index in [0.29, 0.717) is 17.2 Å². The summed E-state index contributed by atoms with van der Waals surface area (Å²) in [5, 5.41) is 9.28. The van der Waals surface area contributed by atoms with Crippen molar-refractivity contribution in [2.24, 2.45) is 4.99 Å². The van der Waals surface area contributed by atoms with Crippen LogP contribution < -0.4 is 30.3 Å². The summed E-state index contributed by atoms with van der Waals surface area (Å²) < 4.78 is 10.8. The molecule has 0 saturated carbocycles. The molecule has 0 aliphatic carbocycles. The van der Waals surface area contributed by atoms with Gasteiger partial charge in [0.25, 0.3) is 0 Å². The number of nitrogens with zero attached hydrogens (tertiary/aromatic N) is 2. The van der Waals surface area contributed by atoms with Gasteiger partial charge in [0.2, 0.25) is 5.91 Å².